The van der Waals surface area contributed by atoms with E-state index in [2.05, 4.69) is 20.4 Å². The molecule has 0 fully saturated rings. The number of imidazole rings is 1. The third-order valence-electron chi connectivity index (χ3n) is 5.19. The number of amidine groups is 1. The number of amides is 2. The van der Waals surface area contributed by atoms with Crippen LogP contribution in [0.3, 0.4) is 0 Å². The maximum Gasteiger partial charge on any atom is 0.412 e. The number of hydrogen-bond donors (Lipinski definition) is 3. The number of esters is 1. The molecule has 0 spiro atoms. The Kier molecular flexibility index (Phi) is 8.19. The van der Waals surface area contributed by atoms with Gasteiger partial charge in [0.2, 0.25) is 0 Å². The number of aromatic nitrogens is 2. The summed E-state index contributed by atoms with van der Waals surface area (Å²) in [6.07, 6.45) is -0.561. The third kappa shape index (κ3) is 6.44. The number of aryl methyl sites for hydroxylation is 1. The summed E-state index contributed by atoms with van der Waals surface area (Å²) in [6, 6.07) is 12.3. The molecule has 10 nitrogen and oxygen atoms in total. The van der Waals surface area contributed by atoms with Crippen LogP contribution in [0.1, 0.15) is 36.2 Å². The monoisotopic (exact) mass is 479 g/mol. The molecular formula is C25H29N5O5. The van der Waals surface area contributed by atoms with Crippen LogP contribution in [-0.4, -0.2) is 53.6 Å². The lowest BCUT2D eigenvalue weighted by Crippen LogP contribution is -2.31. The molecule has 0 aliphatic rings. The number of nitrogens with zero attached hydrogens (tertiary/aromatic N) is 2. The van der Waals surface area contributed by atoms with Crippen LogP contribution in [0.15, 0.2) is 42.5 Å². The van der Waals surface area contributed by atoms with E-state index in [1.54, 1.807) is 24.3 Å². The van der Waals surface area contributed by atoms with Gasteiger partial charge < -0.3 is 19.4 Å². The van der Waals surface area contributed by atoms with Gasteiger partial charge in [0.1, 0.15) is 11.7 Å². The van der Waals surface area contributed by atoms with Gasteiger partial charge in [-0.25, -0.2) is 9.78 Å². The zero-order valence-electron chi connectivity index (χ0n) is 20.2. The van der Waals surface area contributed by atoms with Crippen molar-refractivity contribution in [1.82, 2.24) is 20.2 Å². The van der Waals surface area contributed by atoms with E-state index in [4.69, 9.17) is 10.1 Å². The molecule has 0 unspecified atom stereocenters. The molecule has 0 saturated heterocycles. The maximum absolute atomic E-state index is 12.4. The summed E-state index contributed by atoms with van der Waals surface area (Å²) in [7, 11) is 3.18. The van der Waals surface area contributed by atoms with E-state index in [0.29, 0.717) is 22.5 Å². The van der Waals surface area contributed by atoms with Gasteiger partial charge in [-0.2, -0.15) is 0 Å². The number of hydrogen-bond acceptors (Lipinski definition) is 7. The van der Waals surface area contributed by atoms with Gasteiger partial charge in [0.25, 0.3) is 5.91 Å². The van der Waals surface area contributed by atoms with E-state index < -0.39 is 12.1 Å². The highest BCUT2D eigenvalue weighted by atomic mass is 16.5. The average molecular weight is 480 g/mol. The smallest absolute Gasteiger partial charge is 0.412 e. The van der Waals surface area contributed by atoms with Crippen LogP contribution < -0.4 is 10.6 Å². The minimum Gasteiger partial charge on any atom is -0.469 e. The van der Waals surface area contributed by atoms with Crippen LogP contribution in [0.25, 0.3) is 22.4 Å². The topological polar surface area (TPSA) is 135 Å². The van der Waals surface area contributed by atoms with Crippen LogP contribution in [0.2, 0.25) is 0 Å². The number of ether oxygens (including phenoxy) is 2. The Balaban J connectivity index is 1.72. The van der Waals surface area contributed by atoms with E-state index >= 15 is 0 Å². The lowest BCUT2D eigenvalue weighted by atomic mass is 10.1. The molecule has 0 atom stereocenters. The van der Waals surface area contributed by atoms with Crippen molar-refractivity contribution in [3.8, 4) is 11.4 Å². The molecule has 0 aliphatic heterocycles. The van der Waals surface area contributed by atoms with Crippen molar-refractivity contribution in [2.24, 2.45) is 13.0 Å². The summed E-state index contributed by atoms with van der Waals surface area (Å²) < 4.78 is 11.5. The van der Waals surface area contributed by atoms with Crippen molar-refractivity contribution in [1.29, 1.82) is 5.41 Å². The number of carbonyl (C=O) groups excluding carboxylic acids is 3. The summed E-state index contributed by atoms with van der Waals surface area (Å²) in [6.45, 7) is 4.33. The molecule has 0 aliphatic carbocycles. The molecule has 2 amide bonds. The minimum absolute atomic E-state index is 0.0573. The molecule has 35 heavy (non-hydrogen) atoms. The second-order valence-corrected chi connectivity index (χ2v) is 8.35. The summed E-state index contributed by atoms with van der Waals surface area (Å²) in [5.74, 6) is 0.145. The van der Waals surface area contributed by atoms with Crippen molar-refractivity contribution >= 4 is 34.8 Å². The van der Waals surface area contributed by atoms with Crippen LogP contribution in [-0.2, 0) is 21.3 Å². The van der Waals surface area contributed by atoms with Gasteiger partial charge in [0.15, 0.2) is 0 Å². The normalized spacial score (nSPS) is 10.8. The van der Waals surface area contributed by atoms with E-state index in [1.165, 1.54) is 7.11 Å². The fourth-order valence-corrected chi connectivity index (χ4v) is 3.32. The van der Waals surface area contributed by atoms with Crippen LogP contribution >= 0.6 is 0 Å². The van der Waals surface area contributed by atoms with E-state index in [0.717, 1.165) is 11.1 Å². The maximum atomic E-state index is 12.4. The van der Waals surface area contributed by atoms with Crippen LogP contribution in [0.4, 0.5) is 4.79 Å². The summed E-state index contributed by atoms with van der Waals surface area (Å²) >= 11 is 0. The minimum atomic E-state index is -0.659. The first-order valence-corrected chi connectivity index (χ1v) is 11.1. The molecule has 10 heteroatoms. The van der Waals surface area contributed by atoms with Crippen molar-refractivity contribution in [3.63, 3.8) is 0 Å². The van der Waals surface area contributed by atoms with Crippen molar-refractivity contribution in [2.45, 2.75) is 20.3 Å². The van der Waals surface area contributed by atoms with Crippen LogP contribution in [0, 0.1) is 11.3 Å². The first-order chi connectivity index (χ1) is 16.7. The Hall–Kier alpha value is -4.21. The Bertz CT molecular complexity index is 1250. The third-order valence-corrected chi connectivity index (χ3v) is 5.19. The Morgan fingerprint density at radius 2 is 1.77 bits per heavy atom. The Morgan fingerprint density at radius 1 is 1.09 bits per heavy atom. The van der Waals surface area contributed by atoms with Gasteiger partial charge in [-0.3, -0.25) is 20.3 Å². The number of methoxy groups -OCH3 is 1. The second kappa shape index (κ2) is 11.3. The number of rotatable bonds is 8. The van der Waals surface area contributed by atoms with Crippen LogP contribution in [0.5, 0.6) is 0 Å². The fraction of sp³-hybridized carbons (Fsp3) is 0.320. The molecule has 0 saturated carbocycles. The lowest BCUT2D eigenvalue weighted by Gasteiger charge is -2.10. The summed E-state index contributed by atoms with van der Waals surface area (Å²) in [5, 5.41) is 13.2. The highest BCUT2D eigenvalue weighted by Crippen LogP contribution is 2.25. The van der Waals surface area contributed by atoms with Crippen molar-refractivity contribution < 1.29 is 23.9 Å². The van der Waals surface area contributed by atoms with Gasteiger partial charge in [-0.15, -0.1) is 0 Å². The Labute approximate surface area is 203 Å². The largest absolute Gasteiger partial charge is 0.469 e. The van der Waals surface area contributed by atoms with Gasteiger partial charge in [-0.05, 0) is 24.1 Å². The molecule has 3 rings (SSSR count). The molecule has 3 aromatic rings. The lowest BCUT2D eigenvalue weighted by molar-refractivity contribution is -0.140. The fourth-order valence-electron chi connectivity index (χ4n) is 3.32. The number of nitrogens with one attached hydrogen (secondary N) is 3. The zero-order valence-corrected chi connectivity index (χ0v) is 20.2. The molecule has 0 radical (unpaired) electrons. The quantitative estimate of drug-likeness (QED) is 0.258. The Morgan fingerprint density at radius 3 is 2.43 bits per heavy atom. The van der Waals surface area contributed by atoms with Gasteiger partial charge >= 0.3 is 12.1 Å². The standard InChI is InChI=1S/C25H29N5O5/c1-15(2)14-35-25(33)29-22(26)16-5-7-17(8-6-16)23-28-19-13-18(9-10-20(19)30(23)3)24(32)27-12-11-21(31)34-4/h5-10,13,15H,11-12,14H2,1-4H3,(H,27,32)(H2,26,29,33). The molecule has 1 heterocycles. The van der Waals surface area contributed by atoms with Crippen molar-refractivity contribution in [3.05, 3.63) is 53.6 Å². The van der Waals surface area contributed by atoms with E-state index in [1.807, 2.05) is 43.7 Å². The number of alkyl carbamates (subject to hydrolysis) is 1. The number of fused-ring (bicyclic) bond motifs is 1. The summed E-state index contributed by atoms with van der Waals surface area (Å²) in [5.41, 5.74) is 3.27. The van der Waals surface area contributed by atoms with E-state index in [-0.39, 0.29) is 37.2 Å². The highest BCUT2D eigenvalue weighted by molar-refractivity contribution is 6.04. The molecule has 2 aromatic carbocycles. The molecule has 0 bridgehead atoms. The molecule has 184 valence electrons. The van der Waals surface area contributed by atoms with Crippen molar-refractivity contribution in [2.75, 3.05) is 20.3 Å². The SMILES string of the molecule is COC(=O)CCNC(=O)c1ccc2c(c1)nc(-c1ccc(C(=N)NC(=O)OCC(C)C)cc1)n2C. The van der Waals surface area contributed by atoms with Gasteiger partial charge in [0, 0.05) is 30.3 Å². The predicted molar refractivity (Wildman–Crippen MR) is 131 cm³/mol. The molecular weight excluding hydrogens is 450 g/mol. The summed E-state index contributed by atoms with van der Waals surface area (Å²) in [4.78, 5) is 40.1. The van der Waals surface area contributed by atoms with Gasteiger partial charge in [-0.1, -0.05) is 38.1 Å². The van der Waals surface area contributed by atoms with Gasteiger partial charge in [0.05, 0.1) is 31.2 Å². The zero-order chi connectivity index (χ0) is 25.5. The van der Waals surface area contributed by atoms with E-state index in [9.17, 15) is 14.4 Å². The highest BCUT2D eigenvalue weighted by Gasteiger charge is 2.14. The predicted octanol–water partition coefficient (Wildman–Crippen LogP) is 3.24. The molecule has 1 aromatic heterocycles. The second-order valence-electron chi connectivity index (χ2n) is 8.35. The first-order valence-electron chi connectivity index (χ1n) is 11.1. The average Bonchev–Trinajstić information content (AvgIpc) is 3.18. The number of carbonyl (C=O) groups is 3. The number of benzene rings is 2. The first kappa shape index (κ1) is 25.4. The molecule has 3 N–H and O–H groups in total.